The van der Waals surface area contributed by atoms with Crippen molar-refractivity contribution >= 4 is 0 Å². The van der Waals surface area contributed by atoms with Gasteiger partial charge in [-0.05, 0) is 26.4 Å². The Morgan fingerprint density at radius 1 is 1.27 bits per heavy atom. The monoisotopic (exact) mass is 159 g/mol. The highest BCUT2D eigenvalue weighted by Crippen LogP contribution is 2.08. The largest absolute Gasteiger partial charge is 0.383 e. The van der Waals surface area contributed by atoms with Gasteiger partial charge in [0.1, 0.15) is 0 Å². The minimum Gasteiger partial charge on any atom is -0.383 e. The van der Waals surface area contributed by atoms with E-state index in [0.717, 1.165) is 12.5 Å². The fraction of sp³-hybridized carbons (Fsp3) is 1.00. The van der Waals surface area contributed by atoms with Crippen LogP contribution in [-0.4, -0.2) is 38.8 Å². The molecule has 0 aromatic rings. The Kier molecular flexibility index (Phi) is 5.51. The van der Waals surface area contributed by atoms with E-state index in [1.165, 1.54) is 6.42 Å². The van der Waals surface area contributed by atoms with Gasteiger partial charge in [0, 0.05) is 13.2 Å². The Hall–Kier alpha value is -0.0800. The van der Waals surface area contributed by atoms with Gasteiger partial charge in [0.05, 0.1) is 6.61 Å². The Labute approximate surface area is 70.5 Å². The molecule has 0 bridgehead atoms. The molecule has 0 radical (unpaired) electrons. The van der Waals surface area contributed by atoms with Gasteiger partial charge in [0.2, 0.25) is 0 Å². The third kappa shape index (κ3) is 5.22. The number of methoxy groups -OCH3 is 1. The third-order valence-corrected chi connectivity index (χ3v) is 1.83. The SMILES string of the molecule is COC[C@@H](CC(C)C)N(C)C. The van der Waals surface area contributed by atoms with E-state index in [2.05, 4.69) is 32.8 Å². The first-order valence-corrected chi connectivity index (χ1v) is 4.23. The average molecular weight is 159 g/mol. The zero-order valence-corrected chi connectivity index (χ0v) is 8.42. The number of nitrogens with zero attached hydrogens (tertiary/aromatic N) is 1. The van der Waals surface area contributed by atoms with Crippen LogP contribution in [0.15, 0.2) is 0 Å². The second-order valence-electron chi connectivity index (χ2n) is 3.70. The van der Waals surface area contributed by atoms with E-state index in [1.54, 1.807) is 7.11 Å². The Balaban J connectivity index is 3.69. The molecule has 0 aliphatic heterocycles. The van der Waals surface area contributed by atoms with Crippen molar-refractivity contribution in [1.82, 2.24) is 4.90 Å². The molecule has 0 saturated carbocycles. The van der Waals surface area contributed by atoms with E-state index in [9.17, 15) is 0 Å². The highest BCUT2D eigenvalue weighted by molar-refractivity contribution is 4.66. The minimum absolute atomic E-state index is 0.569. The molecule has 11 heavy (non-hydrogen) atoms. The van der Waals surface area contributed by atoms with Crippen LogP contribution in [0.1, 0.15) is 20.3 Å². The molecular weight excluding hydrogens is 138 g/mol. The van der Waals surface area contributed by atoms with Crippen molar-refractivity contribution in [2.45, 2.75) is 26.3 Å². The zero-order chi connectivity index (χ0) is 8.85. The van der Waals surface area contributed by atoms with Crippen molar-refractivity contribution in [3.63, 3.8) is 0 Å². The maximum absolute atomic E-state index is 5.12. The lowest BCUT2D eigenvalue weighted by atomic mass is 10.0. The van der Waals surface area contributed by atoms with Crippen molar-refractivity contribution in [3.05, 3.63) is 0 Å². The number of hydrogen-bond donors (Lipinski definition) is 0. The van der Waals surface area contributed by atoms with E-state index < -0.39 is 0 Å². The summed E-state index contributed by atoms with van der Waals surface area (Å²) in [4.78, 5) is 2.23. The molecule has 0 heterocycles. The van der Waals surface area contributed by atoms with Crippen molar-refractivity contribution in [3.8, 4) is 0 Å². The lowest BCUT2D eigenvalue weighted by molar-refractivity contribution is 0.108. The summed E-state index contributed by atoms with van der Waals surface area (Å²) in [6.07, 6.45) is 1.21. The van der Waals surface area contributed by atoms with Crippen LogP contribution in [0, 0.1) is 5.92 Å². The highest BCUT2D eigenvalue weighted by atomic mass is 16.5. The molecule has 0 amide bonds. The molecule has 0 rings (SSSR count). The minimum atomic E-state index is 0.569. The Bertz CT molecular complexity index is 91.6. The Morgan fingerprint density at radius 2 is 1.82 bits per heavy atom. The second-order valence-corrected chi connectivity index (χ2v) is 3.70. The number of hydrogen-bond acceptors (Lipinski definition) is 2. The van der Waals surface area contributed by atoms with Gasteiger partial charge >= 0.3 is 0 Å². The summed E-state index contributed by atoms with van der Waals surface area (Å²) in [5.41, 5.74) is 0. The average Bonchev–Trinajstić information content (AvgIpc) is 1.86. The first-order valence-electron chi connectivity index (χ1n) is 4.23. The van der Waals surface area contributed by atoms with E-state index in [4.69, 9.17) is 4.74 Å². The molecule has 2 nitrogen and oxygen atoms in total. The number of ether oxygens (including phenoxy) is 1. The van der Waals surface area contributed by atoms with Gasteiger partial charge in [-0.15, -0.1) is 0 Å². The van der Waals surface area contributed by atoms with Crippen LogP contribution in [0.2, 0.25) is 0 Å². The van der Waals surface area contributed by atoms with Gasteiger partial charge in [-0.2, -0.15) is 0 Å². The molecule has 0 fully saturated rings. The maximum atomic E-state index is 5.12. The van der Waals surface area contributed by atoms with Gasteiger partial charge < -0.3 is 9.64 Å². The summed E-state index contributed by atoms with van der Waals surface area (Å²) in [6, 6.07) is 0.569. The molecule has 0 N–H and O–H groups in total. The molecule has 2 heteroatoms. The highest BCUT2D eigenvalue weighted by Gasteiger charge is 2.11. The van der Waals surface area contributed by atoms with E-state index in [0.29, 0.717) is 6.04 Å². The summed E-state index contributed by atoms with van der Waals surface area (Å²) in [5.74, 6) is 0.748. The molecule has 0 unspecified atom stereocenters. The van der Waals surface area contributed by atoms with Gasteiger partial charge in [-0.25, -0.2) is 0 Å². The summed E-state index contributed by atoms with van der Waals surface area (Å²) in [6.45, 7) is 5.32. The molecule has 0 aliphatic rings. The summed E-state index contributed by atoms with van der Waals surface area (Å²) >= 11 is 0. The lowest BCUT2D eigenvalue weighted by Crippen LogP contribution is -2.33. The lowest BCUT2D eigenvalue weighted by Gasteiger charge is -2.24. The topological polar surface area (TPSA) is 12.5 Å². The molecule has 0 aliphatic carbocycles. The van der Waals surface area contributed by atoms with Crippen LogP contribution in [0.4, 0.5) is 0 Å². The fourth-order valence-corrected chi connectivity index (χ4v) is 1.16. The van der Waals surface area contributed by atoms with Crippen LogP contribution < -0.4 is 0 Å². The van der Waals surface area contributed by atoms with E-state index in [-0.39, 0.29) is 0 Å². The molecule has 0 aromatic heterocycles. The van der Waals surface area contributed by atoms with Crippen LogP contribution in [0.5, 0.6) is 0 Å². The molecule has 1 atom stereocenters. The zero-order valence-electron chi connectivity index (χ0n) is 8.42. The van der Waals surface area contributed by atoms with Crippen molar-refractivity contribution in [2.75, 3.05) is 27.8 Å². The van der Waals surface area contributed by atoms with E-state index >= 15 is 0 Å². The smallest absolute Gasteiger partial charge is 0.0617 e. The van der Waals surface area contributed by atoms with Crippen LogP contribution in [-0.2, 0) is 4.74 Å². The van der Waals surface area contributed by atoms with E-state index in [1.807, 2.05) is 0 Å². The first-order chi connectivity index (χ1) is 5.07. The Morgan fingerprint density at radius 3 is 2.09 bits per heavy atom. The quantitative estimate of drug-likeness (QED) is 0.604. The predicted molar refractivity (Wildman–Crippen MR) is 48.8 cm³/mol. The molecular formula is C9H21NO. The summed E-state index contributed by atoms with van der Waals surface area (Å²) in [5, 5.41) is 0. The van der Waals surface area contributed by atoms with Crippen molar-refractivity contribution < 1.29 is 4.74 Å². The van der Waals surface area contributed by atoms with Crippen molar-refractivity contribution in [1.29, 1.82) is 0 Å². The van der Waals surface area contributed by atoms with Gasteiger partial charge in [0.15, 0.2) is 0 Å². The maximum Gasteiger partial charge on any atom is 0.0617 e. The van der Waals surface area contributed by atoms with Gasteiger partial charge in [-0.3, -0.25) is 0 Å². The number of rotatable bonds is 5. The molecule has 0 aromatic carbocycles. The molecule has 68 valence electrons. The summed E-state index contributed by atoms with van der Waals surface area (Å²) in [7, 11) is 5.97. The van der Waals surface area contributed by atoms with Gasteiger partial charge in [0.25, 0.3) is 0 Å². The first kappa shape index (κ1) is 10.9. The van der Waals surface area contributed by atoms with Gasteiger partial charge in [-0.1, -0.05) is 13.8 Å². The third-order valence-electron chi connectivity index (χ3n) is 1.83. The fourth-order valence-electron chi connectivity index (χ4n) is 1.16. The normalized spacial score (nSPS) is 14.5. The number of likely N-dealkylation sites (N-methyl/N-ethyl adjacent to an activating group) is 1. The predicted octanol–water partition coefficient (Wildman–Crippen LogP) is 1.61. The van der Waals surface area contributed by atoms with Crippen LogP contribution in [0.25, 0.3) is 0 Å². The van der Waals surface area contributed by atoms with Crippen LogP contribution >= 0.6 is 0 Å². The molecule has 0 saturated heterocycles. The standard InChI is InChI=1S/C9H21NO/c1-8(2)6-9(7-11-5)10(3)4/h8-9H,6-7H2,1-5H3/t9-/m1/s1. The van der Waals surface area contributed by atoms with Crippen molar-refractivity contribution in [2.24, 2.45) is 5.92 Å². The second kappa shape index (κ2) is 5.56. The van der Waals surface area contributed by atoms with Crippen LogP contribution in [0.3, 0.4) is 0 Å². The summed E-state index contributed by atoms with van der Waals surface area (Å²) < 4.78 is 5.12. The molecule has 0 spiro atoms.